The fraction of sp³-hybridized carbons (Fsp3) is 0.500. The Morgan fingerprint density at radius 3 is 2.26 bits per heavy atom. The van der Waals surface area contributed by atoms with Gasteiger partial charge in [0.1, 0.15) is 0 Å². The number of rotatable bonds is 5. The number of benzene rings is 1. The lowest BCUT2D eigenvalue weighted by Crippen LogP contribution is -2.48. The summed E-state index contributed by atoms with van der Waals surface area (Å²) >= 11 is 0. The second-order valence-electron chi connectivity index (χ2n) is 6.04. The largest absolute Gasteiger partial charge is 0.493 e. The number of carbonyl (C=O) groups is 2. The van der Waals surface area contributed by atoms with Crippen LogP contribution in [0.15, 0.2) is 18.2 Å². The minimum Gasteiger partial charge on any atom is -0.493 e. The molecule has 0 radical (unpaired) electrons. The molecule has 1 rings (SSSR count). The Labute approximate surface area is 136 Å². The summed E-state index contributed by atoms with van der Waals surface area (Å²) in [4.78, 5) is 23.4. The van der Waals surface area contributed by atoms with Crippen molar-refractivity contribution < 1.29 is 24.2 Å². The predicted molar refractivity (Wildman–Crippen MR) is 85.4 cm³/mol. The third-order valence-corrected chi connectivity index (χ3v) is 2.94. The first-order chi connectivity index (χ1) is 10.7. The van der Waals surface area contributed by atoms with E-state index in [1.54, 1.807) is 39.0 Å². The Bertz CT molecular complexity index is 566. The Morgan fingerprint density at radius 1 is 1.13 bits per heavy atom. The molecule has 0 heterocycles. The molecule has 7 heteroatoms. The molecule has 3 N–H and O–H groups in total. The van der Waals surface area contributed by atoms with Crippen molar-refractivity contribution in [1.82, 2.24) is 10.6 Å². The van der Waals surface area contributed by atoms with Crippen LogP contribution >= 0.6 is 0 Å². The van der Waals surface area contributed by atoms with Crippen molar-refractivity contribution in [3.05, 3.63) is 23.8 Å². The summed E-state index contributed by atoms with van der Waals surface area (Å²) in [5.74, 6) is -0.519. The van der Waals surface area contributed by atoms with Crippen LogP contribution in [0, 0.1) is 0 Å². The van der Waals surface area contributed by atoms with Crippen LogP contribution in [-0.4, -0.2) is 43.2 Å². The lowest BCUT2D eigenvalue weighted by molar-refractivity contribution is -0.140. The maximum Gasteiger partial charge on any atom is 0.309 e. The van der Waals surface area contributed by atoms with Gasteiger partial charge in [0.25, 0.3) is 0 Å². The molecule has 0 saturated heterocycles. The van der Waals surface area contributed by atoms with Gasteiger partial charge in [-0.2, -0.15) is 0 Å². The molecule has 1 atom stereocenters. The Morgan fingerprint density at radius 2 is 1.74 bits per heavy atom. The van der Waals surface area contributed by atoms with Crippen LogP contribution in [0.3, 0.4) is 0 Å². The van der Waals surface area contributed by atoms with E-state index in [4.69, 9.17) is 9.47 Å². The molecule has 128 valence electrons. The van der Waals surface area contributed by atoms with E-state index in [1.807, 2.05) is 0 Å². The van der Waals surface area contributed by atoms with Gasteiger partial charge >= 0.3 is 11.8 Å². The highest BCUT2D eigenvalue weighted by atomic mass is 16.5. The number of nitrogens with one attached hydrogen (secondary N) is 2. The van der Waals surface area contributed by atoms with Crippen molar-refractivity contribution in [2.45, 2.75) is 32.4 Å². The van der Waals surface area contributed by atoms with E-state index < -0.39 is 23.5 Å². The number of carbonyl (C=O) groups excluding carboxylic acids is 2. The van der Waals surface area contributed by atoms with Crippen LogP contribution in [0.2, 0.25) is 0 Å². The number of aliphatic hydroxyl groups excluding tert-OH is 1. The van der Waals surface area contributed by atoms with Gasteiger partial charge in [-0.1, -0.05) is 6.07 Å². The van der Waals surface area contributed by atoms with Gasteiger partial charge in [-0.3, -0.25) is 9.59 Å². The van der Waals surface area contributed by atoms with Crippen LogP contribution in [0.25, 0.3) is 0 Å². The van der Waals surface area contributed by atoms with Crippen molar-refractivity contribution in [3.63, 3.8) is 0 Å². The lowest BCUT2D eigenvalue weighted by Gasteiger charge is -2.20. The average molecular weight is 324 g/mol. The molecule has 23 heavy (non-hydrogen) atoms. The van der Waals surface area contributed by atoms with E-state index in [0.717, 1.165) is 0 Å². The minimum atomic E-state index is -0.971. The predicted octanol–water partition coefficient (Wildman–Crippen LogP) is 0.768. The summed E-state index contributed by atoms with van der Waals surface area (Å²) in [6.07, 6.45) is -0.971. The molecular weight excluding hydrogens is 300 g/mol. The zero-order chi connectivity index (χ0) is 17.6. The summed E-state index contributed by atoms with van der Waals surface area (Å²) in [5, 5.41) is 15.1. The normalized spacial score (nSPS) is 12.3. The van der Waals surface area contributed by atoms with E-state index >= 15 is 0 Å². The maximum atomic E-state index is 11.7. The second kappa shape index (κ2) is 7.82. The van der Waals surface area contributed by atoms with Gasteiger partial charge in [-0.05, 0) is 38.5 Å². The Hall–Kier alpha value is -2.28. The molecule has 1 aromatic rings. The number of aliphatic hydroxyl groups is 1. The summed E-state index contributed by atoms with van der Waals surface area (Å²) in [5.41, 5.74) is 0.0373. The zero-order valence-electron chi connectivity index (χ0n) is 14.1. The number of amides is 2. The van der Waals surface area contributed by atoms with E-state index in [0.29, 0.717) is 17.1 Å². The third kappa shape index (κ3) is 5.78. The van der Waals surface area contributed by atoms with Gasteiger partial charge in [0, 0.05) is 12.1 Å². The number of hydrogen-bond acceptors (Lipinski definition) is 5. The van der Waals surface area contributed by atoms with Gasteiger partial charge in [-0.15, -0.1) is 0 Å². The van der Waals surface area contributed by atoms with Gasteiger partial charge in [0.15, 0.2) is 11.5 Å². The smallest absolute Gasteiger partial charge is 0.309 e. The highest BCUT2D eigenvalue weighted by Gasteiger charge is 2.21. The molecular formula is C16H24N2O5. The van der Waals surface area contributed by atoms with Gasteiger partial charge in [0.05, 0.1) is 20.3 Å². The molecule has 0 unspecified atom stereocenters. The molecule has 0 aliphatic heterocycles. The summed E-state index contributed by atoms with van der Waals surface area (Å²) in [6, 6.07) is 4.93. The highest BCUT2D eigenvalue weighted by molar-refractivity contribution is 6.35. The van der Waals surface area contributed by atoms with Gasteiger partial charge < -0.3 is 25.2 Å². The van der Waals surface area contributed by atoms with Crippen LogP contribution in [0.1, 0.15) is 32.4 Å². The fourth-order valence-corrected chi connectivity index (χ4v) is 1.84. The SMILES string of the molecule is COc1ccc([C@H](O)CNC(=O)C(=O)NC(C)(C)C)cc1OC. The molecule has 0 spiro atoms. The number of methoxy groups -OCH3 is 2. The van der Waals surface area contributed by atoms with E-state index in [-0.39, 0.29) is 6.54 Å². The topological polar surface area (TPSA) is 96.9 Å². The summed E-state index contributed by atoms with van der Waals surface area (Å²) in [7, 11) is 3.01. The van der Waals surface area contributed by atoms with Crippen molar-refractivity contribution in [3.8, 4) is 11.5 Å². The van der Waals surface area contributed by atoms with E-state index in [9.17, 15) is 14.7 Å². The number of hydrogen-bond donors (Lipinski definition) is 3. The summed E-state index contributed by atoms with van der Waals surface area (Å²) in [6.45, 7) is 5.23. The molecule has 0 saturated carbocycles. The first kappa shape index (κ1) is 18.8. The Balaban J connectivity index is 2.65. The van der Waals surface area contributed by atoms with E-state index in [2.05, 4.69) is 10.6 Å². The van der Waals surface area contributed by atoms with Crippen LogP contribution in [-0.2, 0) is 9.59 Å². The van der Waals surface area contributed by atoms with Crippen molar-refractivity contribution >= 4 is 11.8 Å². The van der Waals surface area contributed by atoms with E-state index in [1.165, 1.54) is 14.2 Å². The third-order valence-electron chi connectivity index (χ3n) is 2.94. The molecule has 1 aromatic carbocycles. The average Bonchev–Trinajstić information content (AvgIpc) is 2.49. The fourth-order valence-electron chi connectivity index (χ4n) is 1.84. The first-order valence-electron chi connectivity index (χ1n) is 7.18. The zero-order valence-corrected chi connectivity index (χ0v) is 14.1. The van der Waals surface area contributed by atoms with Crippen molar-refractivity contribution in [2.75, 3.05) is 20.8 Å². The molecule has 0 fully saturated rings. The van der Waals surface area contributed by atoms with Crippen LogP contribution < -0.4 is 20.1 Å². The Kier molecular flexibility index (Phi) is 6.38. The summed E-state index contributed by atoms with van der Waals surface area (Å²) < 4.78 is 10.3. The van der Waals surface area contributed by atoms with Crippen molar-refractivity contribution in [2.24, 2.45) is 0 Å². The monoisotopic (exact) mass is 324 g/mol. The molecule has 0 aromatic heterocycles. The molecule has 7 nitrogen and oxygen atoms in total. The van der Waals surface area contributed by atoms with Crippen LogP contribution in [0.5, 0.6) is 11.5 Å². The second-order valence-corrected chi connectivity index (χ2v) is 6.04. The molecule has 0 bridgehead atoms. The van der Waals surface area contributed by atoms with Crippen LogP contribution in [0.4, 0.5) is 0 Å². The minimum absolute atomic E-state index is 0.0914. The molecule has 2 amide bonds. The first-order valence-corrected chi connectivity index (χ1v) is 7.18. The quantitative estimate of drug-likeness (QED) is 0.695. The molecule has 0 aliphatic rings. The maximum absolute atomic E-state index is 11.7. The van der Waals surface area contributed by atoms with Gasteiger partial charge in [0.2, 0.25) is 0 Å². The highest BCUT2D eigenvalue weighted by Crippen LogP contribution is 2.29. The number of ether oxygens (including phenoxy) is 2. The standard InChI is InChI=1S/C16H24N2O5/c1-16(2,3)18-15(21)14(20)17-9-11(19)10-6-7-12(22-4)13(8-10)23-5/h6-8,11,19H,9H2,1-5H3,(H,17,20)(H,18,21)/t11-/m1/s1. The van der Waals surface area contributed by atoms with Gasteiger partial charge in [-0.25, -0.2) is 0 Å². The van der Waals surface area contributed by atoms with Crippen molar-refractivity contribution in [1.29, 1.82) is 0 Å². The molecule has 0 aliphatic carbocycles. The lowest BCUT2D eigenvalue weighted by atomic mass is 10.1.